The molecule has 26 heavy (non-hydrogen) atoms. The molecule has 0 unspecified atom stereocenters. The molecule has 0 bridgehead atoms. The lowest BCUT2D eigenvalue weighted by Gasteiger charge is -2.32. The lowest BCUT2D eigenvalue weighted by Crippen LogP contribution is -2.45. The summed E-state index contributed by atoms with van der Waals surface area (Å²) in [4.78, 5) is 36.4. The van der Waals surface area contributed by atoms with Gasteiger partial charge >= 0.3 is 0 Å². The van der Waals surface area contributed by atoms with E-state index in [9.17, 15) is 14.4 Å². The molecule has 3 rings (SSSR count). The third kappa shape index (κ3) is 3.74. The fourth-order valence-corrected chi connectivity index (χ4v) is 2.64. The smallest absolute Gasteiger partial charge is 0.268 e. The fourth-order valence-electron chi connectivity index (χ4n) is 2.64. The summed E-state index contributed by atoms with van der Waals surface area (Å²) in [6.45, 7) is 3.34. The van der Waals surface area contributed by atoms with E-state index < -0.39 is 5.60 Å². The van der Waals surface area contributed by atoms with Crippen LogP contribution in [-0.2, 0) is 9.59 Å². The topological polar surface area (TPSA) is 84.5 Å². The fraction of sp³-hybridized carbons (Fsp3) is 0.250. The van der Waals surface area contributed by atoms with Crippen molar-refractivity contribution in [2.75, 3.05) is 10.6 Å². The standard InChI is InChI=1S/C20H20N2O4/c1-20(2)19(25)22-18-14(9-6-10-16(18)26-20)21-17(24)12-11-15(23)13-7-4-3-5-8-13/h3-10H,11-12H2,1-2H3,(H,21,24)(H,22,25). The molecule has 0 saturated heterocycles. The predicted molar refractivity (Wildman–Crippen MR) is 98.4 cm³/mol. The minimum atomic E-state index is -0.974. The Labute approximate surface area is 151 Å². The number of para-hydroxylation sites is 1. The van der Waals surface area contributed by atoms with Gasteiger partial charge in [-0.1, -0.05) is 36.4 Å². The molecular weight excluding hydrogens is 332 g/mol. The van der Waals surface area contributed by atoms with Gasteiger partial charge < -0.3 is 15.4 Å². The Morgan fingerprint density at radius 1 is 1.04 bits per heavy atom. The predicted octanol–water partition coefficient (Wildman–Crippen LogP) is 3.40. The summed E-state index contributed by atoms with van der Waals surface area (Å²) in [5.41, 5.74) is 0.487. The first kappa shape index (κ1) is 17.7. The van der Waals surface area contributed by atoms with Gasteiger partial charge in [-0.15, -0.1) is 0 Å². The molecule has 1 aliphatic rings. The summed E-state index contributed by atoms with van der Waals surface area (Å²) in [5, 5.41) is 5.51. The van der Waals surface area contributed by atoms with Crippen LogP contribution >= 0.6 is 0 Å². The first-order valence-electron chi connectivity index (χ1n) is 8.38. The van der Waals surface area contributed by atoms with Crippen molar-refractivity contribution in [3.05, 3.63) is 54.1 Å². The van der Waals surface area contributed by atoms with E-state index in [0.29, 0.717) is 22.7 Å². The van der Waals surface area contributed by atoms with Crippen LogP contribution in [0.25, 0.3) is 0 Å². The SMILES string of the molecule is CC1(C)Oc2cccc(NC(=O)CCC(=O)c3ccccc3)c2NC1=O. The molecule has 6 nitrogen and oxygen atoms in total. The molecule has 0 radical (unpaired) electrons. The van der Waals surface area contributed by atoms with Crippen LogP contribution in [-0.4, -0.2) is 23.2 Å². The van der Waals surface area contributed by atoms with Crippen LogP contribution in [0, 0.1) is 0 Å². The molecule has 0 atom stereocenters. The van der Waals surface area contributed by atoms with Crippen molar-refractivity contribution in [3.8, 4) is 5.75 Å². The first-order valence-corrected chi connectivity index (χ1v) is 8.38. The Morgan fingerprint density at radius 2 is 1.77 bits per heavy atom. The van der Waals surface area contributed by atoms with E-state index in [4.69, 9.17) is 4.74 Å². The highest BCUT2D eigenvalue weighted by molar-refractivity contribution is 6.06. The summed E-state index contributed by atoms with van der Waals surface area (Å²) in [7, 11) is 0. The Balaban J connectivity index is 1.66. The number of Topliss-reactive ketones (excluding diaryl/α,β-unsaturated/α-hetero) is 1. The van der Waals surface area contributed by atoms with Gasteiger partial charge in [-0.3, -0.25) is 14.4 Å². The van der Waals surface area contributed by atoms with E-state index >= 15 is 0 Å². The lowest BCUT2D eigenvalue weighted by molar-refractivity contribution is -0.129. The molecule has 2 N–H and O–H groups in total. The monoisotopic (exact) mass is 352 g/mol. The van der Waals surface area contributed by atoms with Gasteiger partial charge in [0.1, 0.15) is 11.4 Å². The maximum Gasteiger partial charge on any atom is 0.268 e. The first-order chi connectivity index (χ1) is 12.4. The average Bonchev–Trinajstić information content (AvgIpc) is 2.62. The van der Waals surface area contributed by atoms with Gasteiger partial charge in [0.25, 0.3) is 5.91 Å². The second kappa shape index (κ2) is 7.00. The van der Waals surface area contributed by atoms with Crippen LogP contribution in [0.4, 0.5) is 11.4 Å². The number of carbonyl (C=O) groups excluding carboxylic acids is 3. The van der Waals surface area contributed by atoms with E-state index in [1.54, 1.807) is 56.3 Å². The van der Waals surface area contributed by atoms with Gasteiger partial charge in [0.2, 0.25) is 5.91 Å². The molecule has 134 valence electrons. The number of anilines is 2. The molecule has 2 aromatic rings. The lowest BCUT2D eigenvalue weighted by atomic mass is 10.0. The van der Waals surface area contributed by atoms with Crippen LogP contribution in [0.5, 0.6) is 5.75 Å². The molecule has 0 fully saturated rings. The van der Waals surface area contributed by atoms with Crippen LogP contribution < -0.4 is 15.4 Å². The van der Waals surface area contributed by atoms with Crippen molar-refractivity contribution in [2.45, 2.75) is 32.3 Å². The van der Waals surface area contributed by atoms with Crippen molar-refractivity contribution in [2.24, 2.45) is 0 Å². The summed E-state index contributed by atoms with van der Waals surface area (Å²) in [5.74, 6) is -0.185. The zero-order chi connectivity index (χ0) is 18.7. The molecule has 6 heteroatoms. The Morgan fingerprint density at radius 3 is 2.50 bits per heavy atom. The highest BCUT2D eigenvalue weighted by Crippen LogP contribution is 2.38. The van der Waals surface area contributed by atoms with Crippen LogP contribution in [0.2, 0.25) is 0 Å². The number of nitrogens with one attached hydrogen (secondary N) is 2. The summed E-state index contributed by atoms with van der Waals surface area (Å²) >= 11 is 0. The highest BCUT2D eigenvalue weighted by Gasteiger charge is 2.36. The highest BCUT2D eigenvalue weighted by atomic mass is 16.5. The molecule has 0 spiro atoms. The molecular formula is C20H20N2O4. The summed E-state index contributed by atoms with van der Waals surface area (Å²) < 4.78 is 5.69. The van der Waals surface area contributed by atoms with Gasteiger partial charge in [-0.05, 0) is 26.0 Å². The number of ether oxygens (including phenoxy) is 1. The van der Waals surface area contributed by atoms with Gasteiger partial charge in [-0.25, -0.2) is 0 Å². The number of amides is 2. The number of hydrogen-bond donors (Lipinski definition) is 2. The van der Waals surface area contributed by atoms with Gasteiger partial charge in [-0.2, -0.15) is 0 Å². The van der Waals surface area contributed by atoms with E-state index in [0.717, 1.165) is 0 Å². The zero-order valence-corrected chi connectivity index (χ0v) is 14.7. The summed E-state index contributed by atoms with van der Waals surface area (Å²) in [6.07, 6.45) is 0.165. The number of carbonyl (C=O) groups is 3. The molecule has 2 amide bonds. The van der Waals surface area contributed by atoms with Crippen molar-refractivity contribution in [3.63, 3.8) is 0 Å². The largest absolute Gasteiger partial charge is 0.476 e. The third-order valence-electron chi connectivity index (χ3n) is 4.13. The normalized spacial score (nSPS) is 14.6. The van der Waals surface area contributed by atoms with Gasteiger partial charge in [0.05, 0.1) is 5.69 Å². The minimum Gasteiger partial charge on any atom is -0.476 e. The molecule has 0 saturated carbocycles. The second-order valence-corrected chi connectivity index (χ2v) is 6.58. The maximum absolute atomic E-state index is 12.2. The number of ketones is 1. The van der Waals surface area contributed by atoms with E-state index in [1.807, 2.05) is 6.07 Å². The Kier molecular flexibility index (Phi) is 4.75. The quantitative estimate of drug-likeness (QED) is 0.808. The van der Waals surface area contributed by atoms with Gasteiger partial charge in [0.15, 0.2) is 11.4 Å². The van der Waals surface area contributed by atoms with Crippen molar-refractivity contribution in [1.82, 2.24) is 0 Å². The zero-order valence-electron chi connectivity index (χ0n) is 14.7. The van der Waals surface area contributed by atoms with Crippen LogP contribution in [0.3, 0.4) is 0 Å². The molecule has 1 heterocycles. The van der Waals surface area contributed by atoms with Crippen molar-refractivity contribution < 1.29 is 19.1 Å². The van der Waals surface area contributed by atoms with Crippen molar-refractivity contribution in [1.29, 1.82) is 0 Å². The summed E-state index contributed by atoms with van der Waals surface area (Å²) in [6, 6.07) is 14.0. The third-order valence-corrected chi connectivity index (χ3v) is 4.13. The van der Waals surface area contributed by atoms with E-state index in [1.165, 1.54) is 0 Å². The average molecular weight is 352 g/mol. The maximum atomic E-state index is 12.2. The van der Waals surface area contributed by atoms with Crippen LogP contribution in [0.1, 0.15) is 37.0 Å². The van der Waals surface area contributed by atoms with E-state index in [2.05, 4.69) is 10.6 Å². The number of rotatable bonds is 5. The minimum absolute atomic E-state index is 0.0533. The molecule has 2 aromatic carbocycles. The van der Waals surface area contributed by atoms with E-state index in [-0.39, 0.29) is 30.4 Å². The molecule has 0 aromatic heterocycles. The molecule has 1 aliphatic heterocycles. The second-order valence-electron chi connectivity index (χ2n) is 6.58. The Bertz CT molecular complexity index is 859. The Hall–Kier alpha value is -3.15. The number of fused-ring (bicyclic) bond motifs is 1. The van der Waals surface area contributed by atoms with Crippen LogP contribution in [0.15, 0.2) is 48.5 Å². The number of benzene rings is 2. The van der Waals surface area contributed by atoms with Gasteiger partial charge in [0, 0.05) is 18.4 Å². The van der Waals surface area contributed by atoms with Crippen molar-refractivity contribution >= 4 is 29.0 Å². The number of hydrogen-bond acceptors (Lipinski definition) is 4. The molecule has 0 aliphatic carbocycles.